The number of rotatable bonds is 6. The molecule has 0 unspecified atom stereocenters. The number of β-amino-alcohol motifs (C(OH)–C–C–N with tert-alkyl or cyclic N) is 1. The van der Waals surface area contributed by atoms with Crippen LogP contribution in [0.15, 0.2) is 0 Å². The lowest BCUT2D eigenvalue weighted by Crippen LogP contribution is -2.49. The Morgan fingerprint density at radius 1 is 1.00 bits per heavy atom. The molecule has 2 heterocycles. The number of nitrogens with zero attached hydrogens (tertiary/aromatic N) is 2. The molecule has 2 aliphatic heterocycles. The first kappa shape index (κ1) is 17.6. The SMILES string of the molecule is CC(=O)N1C[C@H]2CN(C[C@H](O)[C@@H](O)[C@H](O)[C@H](O)CO)C[C@H]2C1. The van der Waals surface area contributed by atoms with Gasteiger partial charge in [0.25, 0.3) is 0 Å². The van der Waals surface area contributed by atoms with Crippen molar-refractivity contribution >= 4 is 5.91 Å². The maximum Gasteiger partial charge on any atom is 0.219 e. The lowest BCUT2D eigenvalue weighted by molar-refractivity contribution is -0.128. The Bertz CT molecular complexity index is 382. The molecule has 0 bridgehead atoms. The van der Waals surface area contributed by atoms with E-state index in [0.717, 1.165) is 26.2 Å². The average Bonchev–Trinajstić information content (AvgIpc) is 3.02. The Hall–Kier alpha value is -0.770. The first-order chi connectivity index (χ1) is 10.3. The number of carbonyl (C=O) groups is 1. The Morgan fingerprint density at radius 2 is 1.50 bits per heavy atom. The van der Waals surface area contributed by atoms with Gasteiger partial charge in [0.15, 0.2) is 0 Å². The Kier molecular flexibility index (Phi) is 5.76. The number of carbonyl (C=O) groups excluding carboxylic acids is 1. The molecule has 22 heavy (non-hydrogen) atoms. The van der Waals surface area contributed by atoms with Gasteiger partial charge in [-0.05, 0) is 11.8 Å². The van der Waals surface area contributed by atoms with Crippen LogP contribution in [0.3, 0.4) is 0 Å². The van der Waals surface area contributed by atoms with Crippen LogP contribution in [-0.4, -0.2) is 105 Å². The molecule has 5 N–H and O–H groups in total. The van der Waals surface area contributed by atoms with Gasteiger partial charge in [-0.25, -0.2) is 0 Å². The van der Waals surface area contributed by atoms with Gasteiger partial charge in [0.2, 0.25) is 5.91 Å². The zero-order valence-electron chi connectivity index (χ0n) is 12.7. The van der Waals surface area contributed by atoms with E-state index in [9.17, 15) is 25.2 Å². The summed E-state index contributed by atoms with van der Waals surface area (Å²) in [6.45, 7) is 3.98. The molecule has 6 atom stereocenters. The number of fused-ring (bicyclic) bond motifs is 1. The summed E-state index contributed by atoms with van der Waals surface area (Å²) in [6, 6.07) is 0. The molecule has 8 nitrogen and oxygen atoms in total. The van der Waals surface area contributed by atoms with Crippen LogP contribution in [0, 0.1) is 11.8 Å². The van der Waals surface area contributed by atoms with E-state index in [1.54, 1.807) is 6.92 Å². The number of aliphatic hydroxyl groups excluding tert-OH is 5. The number of hydrogen-bond donors (Lipinski definition) is 5. The fourth-order valence-corrected chi connectivity index (χ4v) is 3.43. The van der Waals surface area contributed by atoms with Gasteiger partial charge in [0.05, 0.1) is 12.7 Å². The second-order valence-electron chi connectivity index (χ2n) is 6.46. The number of aliphatic hydroxyl groups is 5. The molecular weight excluding hydrogens is 292 g/mol. The van der Waals surface area contributed by atoms with E-state index in [4.69, 9.17) is 5.11 Å². The van der Waals surface area contributed by atoms with Crippen molar-refractivity contribution in [1.82, 2.24) is 9.80 Å². The van der Waals surface area contributed by atoms with E-state index in [-0.39, 0.29) is 12.5 Å². The van der Waals surface area contributed by atoms with Crippen molar-refractivity contribution in [2.24, 2.45) is 11.8 Å². The molecule has 1 amide bonds. The Balaban J connectivity index is 1.80. The molecule has 2 fully saturated rings. The summed E-state index contributed by atoms with van der Waals surface area (Å²) in [4.78, 5) is 15.2. The van der Waals surface area contributed by atoms with Gasteiger partial charge in [-0.15, -0.1) is 0 Å². The zero-order valence-corrected chi connectivity index (χ0v) is 12.7. The third kappa shape index (κ3) is 3.76. The Labute approximate surface area is 129 Å². The third-order valence-electron chi connectivity index (χ3n) is 4.78. The molecule has 0 aromatic rings. The van der Waals surface area contributed by atoms with Crippen LogP contribution in [0.1, 0.15) is 6.92 Å². The highest BCUT2D eigenvalue weighted by Gasteiger charge is 2.42. The van der Waals surface area contributed by atoms with E-state index >= 15 is 0 Å². The maximum atomic E-state index is 11.4. The molecule has 0 saturated carbocycles. The van der Waals surface area contributed by atoms with Crippen molar-refractivity contribution in [1.29, 1.82) is 0 Å². The minimum absolute atomic E-state index is 0.0810. The highest BCUT2D eigenvalue weighted by Crippen LogP contribution is 2.31. The van der Waals surface area contributed by atoms with E-state index in [0.29, 0.717) is 11.8 Å². The summed E-state index contributed by atoms with van der Waals surface area (Å²) in [5.41, 5.74) is 0. The van der Waals surface area contributed by atoms with Crippen molar-refractivity contribution in [3.63, 3.8) is 0 Å². The predicted molar refractivity (Wildman–Crippen MR) is 76.8 cm³/mol. The first-order valence-electron chi connectivity index (χ1n) is 7.64. The van der Waals surface area contributed by atoms with Crippen LogP contribution in [0.2, 0.25) is 0 Å². The minimum atomic E-state index is -1.59. The zero-order chi connectivity index (χ0) is 16.4. The van der Waals surface area contributed by atoms with E-state index in [2.05, 4.69) is 0 Å². The second kappa shape index (κ2) is 7.20. The van der Waals surface area contributed by atoms with Crippen LogP contribution in [-0.2, 0) is 4.79 Å². The Morgan fingerprint density at radius 3 is 1.95 bits per heavy atom. The molecule has 2 rings (SSSR count). The number of likely N-dealkylation sites (tertiary alicyclic amines) is 2. The largest absolute Gasteiger partial charge is 0.394 e. The smallest absolute Gasteiger partial charge is 0.219 e. The molecule has 0 aliphatic carbocycles. The van der Waals surface area contributed by atoms with Gasteiger partial charge in [-0.1, -0.05) is 0 Å². The quantitative estimate of drug-likeness (QED) is 0.350. The summed E-state index contributed by atoms with van der Waals surface area (Å²) < 4.78 is 0. The van der Waals surface area contributed by atoms with E-state index in [1.165, 1.54) is 0 Å². The van der Waals surface area contributed by atoms with Crippen LogP contribution in [0.4, 0.5) is 0 Å². The fourth-order valence-electron chi connectivity index (χ4n) is 3.43. The molecule has 2 saturated heterocycles. The summed E-state index contributed by atoms with van der Waals surface area (Å²) in [7, 11) is 0. The lowest BCUT2D eigenvalue weighted by Gasteiger charge is -2.29. The van der Waals surface area contributed by atoms with Crippen molar-refractivity contribution < 1.29 is 30.3 Å². The fraction of sp³-hybridized carbons (Fsp3) is 0.929. The minimum Gasteiger partial charge on any atom is -0.394 e. The average molecular weight is 318 g/mol. The maximum absolute atomic E-state index is 11.4. The van der Waals surface area contributed by atoms with Gasteiger partial charge in [-0.3, -0.25) is 9.69 Å². The molecule has 0 aromatic heterocycles. The van der Waals surface area contributed by atoms with Crippen molar-refractivity contribution in [2.75, 3.05) is 39.3 Å². The third-order valence-corrected chi connectivity index (χ3v) is 4.78. The molecule has 0 radical (unpaired) electrons. The predicted octanol–water partition coefficient (Wildman–Crippen LogP) is -3.17. The second-order valence-corrected chi connectivity index (χ2v) is 6.46. The van der Waals surface area contributed by atoms with E-state index < -0.39 is 31.0 Å². The normalized spacial score (nSPS) is 30.9. The summed E-state index contributed by atoms with van der Waals surface area (Å²) in [6.07, 6.45) is -5.79. The summed E-state index contributed by atoms with van der Waals surface area (Å²) >= 11 is 0. The number of hydrogen-bond acceptors (Lipinski definition) is 7. The highest BCUT2D eigenvalue weighted by molar-refractivity contribution is 5.73. The van der Waals surface area contributed by atoms with Crippen LogP contribution >= 0.6 is 0 Å². The monoisotopic (exact) mass is 318 g/mol. The molecular formula is C14H26N2O6. The summed E-state index contributed by atoms with van der Waals surface area (Å²) in [5.74, 6) is 0.833. The van der Waals surface area contributed by atoms with Gasteiger partial charge < -0.3 is 30.4 Å². The topological polar surface area (TPSA) is 125 Å². The molecule has 0 spiro atoms. The van der Waals surface area contributed by atoms with Gasteiger partial charge >= 0.3 is 0 Å². The first-order valence-corrected chi connectivity index (χ1v) is 7.64. The molecule has 0 aromatic carbocycles. The van der Waals surface area contributed by atoms with Crippen molar-refractivity contribution in [3.05, 3.63) is 0 Å². The van der Waals surface area contributed by atoms with Gasteiger partial charge in [0.1, 0.15) is 18.3 Å². The summed E-state index contributed by atoms with van der Waals surface area (Å²) in [5, 5.41) is 47.5. The molecule has 8 heteroatoms. The molecule has 128 valence electrons. The number of amides is 1. The van der Waals surface area contributed by atoms with Crippen molar-refractivity contribution in [2.45, 2.75) is 31.3 Å². The van der Waals surface area contributed by atoms with Gasteiger partial charge in [0, 0.05) is 39.6 Å². The lowest BCUT2D eigenvalue weighted by atomic mass is 10.0. The highest BCUT2D eigenvalue weighted by atomic mass is 16.4. The van der Waals surface area contributed by atoms with Gasteiger partial charge in [-0.2, -0.15) is 0 Å². The van der Waals surface area contributed by atoms with Crippen molar-refractivity contribution in [3.8, 4) is 0 Å². The molecule has 2 aliphatic rings. The van der Waals surface area contributed by atoms with Crippen LogP contribution in [0.5, 0.6) is 0 Å². The van der Waals surface area contributed by atoms with E-state index in [1.807, 2.05) is 9.80 Å². The van der Waals surface area contributed by atoms with Crippen LogP contribution in [0.25, 0.3) is 0 Å². The standard InChI is InChI=1S/C14H26N2O6/c1-8(18)16-4-9-2-15(3-10(9)5-16)6-11(19)13(21)14(22)12(20)7-17/h9-14,17,19-22H,2-7H2,1H3/t9-,10+,11-,12+,13+,14+/m0/s1. The van der Waals surface area contributed by atoms with Crippen LogP contribution < -0.4 is 0 Å².